The summed E-state index contributed by atoms with van der Waals surface area (Å²) in [5, 5.41) is 3.00. The van der Waals surface area contributed by atoms with E-state index in [-0.39, 0.29) is 30.4 Å². The van der Waals surface area contributed by atoms with Gasteiger partial charge in [0.25, 0.3) is 5.91 Å². The molecule has 158 valence electrons. The van der Waals surface area contributed by atoms with Crippen molar-refractivity contribution in [1.29, 1.82) is 0 Å². The molecule has 3 aromatic carbocycles. The first kappa shape index (κ1) is 20.7. The summed E-state index contributed by atoms with van der Waals surface area (Å²) in [7, 11) is 0. The van der Waals surface area contributed by atoms with Crippen molar-refractivity contribution in [2.24, 2.45) is 0 Å². The summed E-state index contributed by atoms with van der Waals surface area (Å²) in [6, 6.07) is 25.5. The molecule has 0 unspecified atom stereocenters. The first-order valence-electron chi connectivity index (χ1n) is 10.5. The van der Waals surface area contributed by atoms with Crippen molar-refractivity contribution < 1.29 is 14.3 Å². The van der Waals surface area contributed by atoms with Crippen LogP contribution in [0.2, 0.25) is 0 Å². The van der Waals surface area contributed by atoms with Crippen molar-refractivity contribution in [1.82, 2.24) is 0 Å². The van der Waals surface area contributed by atoms with Gasteiger partial charge in [0, 0.05) is 24.1 Å². The van der Waals surface area contributed by atoms with Crippen LogP contribution in [0, 0.1) is 0 Å². The summed E-state index contributed by atoms with van der Waals surface area (Å²) in [5.74, 6) is 0.436. The van der Waals surface area contributed by atoms with E-state index in [2.05, 4.69) is 5.32 Å². The van der Waals surface area contributed by atoms with Crippen molar-refractivity contribution in [3.05, 3.63) is 90.0 Å². The molecule has 0 aromatic heterocycles. The van der Waals surface area contributed by atoms with Crippen LogP contribution in [0.5, 0.6) is 5.75 Å². The summed E-state index contributed by atoms with van der Waals surface area (Å²) < 4.78 is 5.55. The van der Waals surface area contributed by atoms with Crippen LogP contribution in [-0.4, -0.2) is 24.5 Å². The summed E-state index contributed by atoms with van der Waals surface area (Å²) in [6.07, 6.45) is 0.314. The third-order valence-electron chi connectivity index (χ3n) is 5.43. The predicted octanol–water partition coefficient (Wildman–Crippen LogP) is 4.98. The van der Waals surface area contributed by atoms with Crippen LogP contribution in [-0.2, 0) is 9.59 Å². The van der Waals surface area contributed by atoms with Gasteiger partial charge in [-0.25, -0.2) is 0 Å². The van der Waals surface area contributed by atoms with Crippen LogP contribution in [0.4, 0.5) is 11.4 Å². The molecular weight excluding hydrogens is 388 g/mol. The van der Waals surface area contributed by atoms with Gasteiger partial charge in [-0.3, -0.25) is 9.59 Å². The standard InChI is InChI=1S/C26H26N2O3/c1-18(2)28-23-15-21(13-14-24(23)31-17-26(28)30)27-25(29)16-22(19-9-5-3-6-10-19)20-11-7-4-8-12-20/h3-15,18,22H,16-17H2,1-2H3,(H,27,29). The molecule has 0 saturated heterocycles. The number of carbonyl (C=O) groups excluding carboxylic acids is 2. The zero-order chi connectivity index (χ0) is 21.8. The van der Waals surface area contributed by atoms with E-state index in [0.29, 0.717) is 23.5 Å². The second kappa shape index (κ2) is 9.04. The average molecular weight is 415 g/mol. The number of hydrogen-bond donors (Lipinski definition) is 1. The summed E-state index contributed by atoms with van der Waals surface area (Å²) >= 11 is 0. The maximum atomic E-state index is 13.0. The third kappa shape index (κ3) is 4.61. The number of amides is 2. The molecule has 1 N–H and O–H groups in total. The first-order valence-corrected chi connectivity index (χ1v) is 10.5. The molecule has 1 heterocycles. The van der Waals surface area contributed by atoms with Crippen molar-refractivity contribution in [3.63, 3.8) is 0 Å². The van der Waals surface area contributed by atoms with E-state index in [1.165, 1.54) is 0 Å². The van der Waals surface area contributed by atoms with Crippen molar-refractivity contribution in [2.75, 3.05) is 16.8 Å². The molecule has 0 aliphatic carbocycles. The highest BCUT2D eigenvalue weighted by molar-refractivity contribution is 6.00. The Morgan fingerprint density at radius 2 is 1.58 bits per heavy atom. The lowest BCUT2D eigenvalue weighted by Crippen LogP contribution is -2.43. The Bertz CT molecular complexity index is 1030. The van der Waals surface area contributed by atoms with Crippen LogP contribution in [0.15, 0.2) is 78.9 Å². The lowest BCUT2D eigenvalue weighted by atomic mass is 9.88. The maximum Gasteiger partial charge on any atom is 0.265 e. The second-order valence-electron chi connectivity index (χ2n) is 7.95. The fraction of sp³-hybridized carbons (Fsp3) is 0.231. The SMILES string of the molecule is CC(C)N1C(=O)COc2ccc(NC(=O)CC(c3ccccc3)c3ccccc3)cc21. The molecule has 0 saturated carbocycles. The highest BCUT2D eigenvalue weighted by Crippen LogP contribution is 2.36. The molecule has 1 aliphatic heterocycles. The monoisotopic (exact) mass is 414 g/mol. The Hall–Kier alpha value is -3.60. The Kier molecular flexibility index (Phi) is 6.03. The van der Waals surface area contributed by atoms with Crippen LogP contribution < -0.4 is 15.0 Å². The Labute approximate surface area is 182 Å². The molecule has 5 nitrogen and oxygen atoms in total. The van der Waals surface area contributed by atoms with Crippen LogP contribution in [0.25, 0.3) is 0 Å². The van der Waals surface area contributed by atoms with Crippen molar-refractivity contribution in [3.8, 4) is 5.75 Å². The second-order valence-corrected chi connectivity index (χ2v) is 7.95. The van der Waals surface area contributed by atoms with Crippen LogP contribution in [0.1, 0.15) is 37.3 Å². The lowest BCUT2D eigenvalue weighted by Gasteiger charge is -2.32. The molecule has 0 spiro atoms. The largest absolute Gasteiger partial charge is 0.482 e. The van der Waals surface area contributed by atoms with E-state index in [1.807, 2.05) is 86.6 Å². The van der Waals surface area contributed by atoms with Gasteiger partial charge in [-0.2, -0.15) is 0 Å². The molecule has 4 rings (SSSR count). The Morgan fingerprint density at radius 3 is 2.16 bits per heavy atom. The maximum absolute atomic E-state index is 13.0. The number of fused-ring (bicyclic) bond motifs is 1. The van der Waals surface area contributed by atoms with E-state index in [4.69, 9.17) is 4.74 Å². The first-order chi connectivity index (χ1) is 15.0. The number of ether oxygens (including phenoxy) is 1. The highest BCUT2D eigenvalue weighted by Gasteiger charge is 2.28. The van der Waals surface area contributed by atoms with Gasteiger partial charge in [0.15, 0.2) is 6.61 Å². The number of benzene rings is 3. The van der Waals surface area contributed by atoms with Gasteiger partial charge in [0.2, 0.25) is 5.91 Å². The number of carbonyl (C=O) groups is 2. The molecule has 1 aliphatic rings. The van der Waals surface area contributed by atoms with Gasteiger partial charge < -0.3 is 15.0 Å². The number of hydrogen-bond acceptors (Lipinski definition) is 3. The fourth-order valence-corrected chi connectivity index (χ4v) is 4.01. The minimum atomic E-state index is -0.0863. The van der Waals surface area contributed by atoms with Crippen molar-refractivity contribution >= 4 is 23.2 Å². The van der Waals surface area contributed by atoms with Gasteiger partial charge in [0.1, 0.15) is 5.75 Å². The number of nitrogens with one attached hydrogen (secondary N) is 1. The molecule has 0 radical (unpaired) electrons. The van der Waals surface area contributed by atoms with Gasteiger partial charge in [0.05, 0.1) is 5.69 Å². The number of nitrogens with zero attached hydrogens (tertiary/aromatic N) is 1. The molecule has 5 heteroatoms. The Balaban J connectivity index is 1.56. The van der Waals surface area contributed by atoms with E-state index in [9.17, 15) is 9.59 Å². The van der Waals surface area contributed by atoms with Gasteiger partial charge in [-0.05, 0) is 43.2 Å². The molecule has 0 fully saturated rings. The molecule has 0 bridgehead atoms. The summed E-state index contributed by atoms with van der Waals surface area (Å²) in [4.78, 5) is 27.0. The normalized spacial score (nSPS) is 13.2. The average Bonchev–Trinajstić information content (AvgIpc) is 2.78. The smallest absolute Gasteiger partial charge is 0.265 e. The number of rotatable bonds is 6. The van der Waals surface area contributed by atoms with Crippen LogP contribution >= 0.6 is 0 Å². The molecule has 0 atom stereocenters. The number of anilines is 2. The zero-order valence-electron chi connectivity index (χ0n) is 17.7. The van der Waals surface area contributed by atoms with Gasteiger partial charge in [-0.1, -0.05) is 60.7 Å². The Morgan fingerprint density at radius 1 is 0.968 bits per heavy atom. The summed E-state index contributed by atoms with van der Waals surface area (Å²) in [5.41, 5.74) is 3.53. The van der Waals surface area contributed by atoms with Gasteiger partial charge >= 0.3 is 0 Å². The topological polar surface area (TPSA) is 58.6 Å². The molecule has 31 heavy (non-hydrogen) atoms. The molecule has 3 aromatic rings. The minimum Gasteiger partial charge on any atom is -0.482 e. The zero-order valence-corrected chi connectivity index (χ0v) is 17.7. The molecular formula is C26H26N2O3. The molecule has 2 amide bonds. The van der Waals surface area contributed by atoms with E-state index in [1.54, 1.807) is 11.0 Å². The summed E-state index contributed by atoms with van der Waals surface area (Å²) in [6.45, 7) is 3.96. The van der Waals surface area contributed by atoms with Crippen LogP contribution in [0.3, 0.4) is 0 Å². The quantitative estimate of drug-likeness (QED) is 0.619. The van der Waals surface area contributed by atoms with E-state index < -0.39 is 0 Å². The predicted molar refractivity (Wildman–Crippen MR) is 123 cm³/mol. The highest BCUT2D eigenvalue weighted by atomic mass is 16.5. The fourth-order valence-electron chi connectivity index (χ4n) is 4.01. The van der Waals surface area contributed by atoms with Crippen molar-refractivity contribution in [2.45, 2.75) is 32.2 Å². The lowest BCUT2D eigenvalue weighted by molar-refractivity contribution is -0.121. The van der Waals surface area contributed by atoms with E-state index >= 15 is 0 Å². The minimum absolute atomic E-state index is 0.00152. The van der Waals surface area contributed by atoms with Gasteiger partial charge in [-0.15, -0.1) is 0 Å². The van der Waals surface area contributed by atoms with E-state index in [0.717, 1.165) is 11.1 Å². The third-order valence-corrected chi connectivity index (χ3v) is 5.43.